The van der Waals surface area contributed by atoms with Gasteiger partial charge in [0.1, 0.15) is 0 Å². The van der Waals surface area contributed by atoms with E-state index in [0.29, 0.717) is 8.64 Å². The Morgan fingerprint density at radius 1 is 0.576 bits per heavy atom. The largest absolute Gasteiger partial charge is 2.00 e. The molecule has 0 aromatic heterocycles. The van der Waals surface area contributed by atoms with Crippen LogP contribution in [0.3, 0.4) is 0 Å². The minimum absolute atomic E-state index is 0. The van der Waals surface area contributed by atoms with Gasteiger partial charge in [0.05, 0.1) is 0 Å². The molecule has 0 spiro atoms. The van der Waals surface area contributed by atoms with Crippen LogP contribution in [-0.2, 0) is 57.8 Å². The van der Waals surface area contributed by atoms with Gasteiger partial charge in [0.15, 0.2) is 0 Å². The molecule has 4 nitrogen and oxygen atoms in total. The quantitative estimate of drug-likeness (QED) is 0.313. The molecule has 0 N–H and O–H groups in total. The molecule has 4 rings (SSSR count). The van der Waals surface area contributed by atoms with Gasteiger partial charge in [-0.05, 0) is 11.1 Å². The number of nitrogens with zero attached hydrogens (tertiary/aromatic N) is 4. The first-order valence-electron chi connectivity index (χ1n) is 11.0. The van der Waals surface area contributed by atoms with Gasteiger partial charge >= 0.3 is 19.5 Å². The van der Waals surface area contributed by atoms with Crippen molar-refractivity contribution in [3.05, 3.63) is 71.8 Å². The maximum Gasteiger partial charge on any atom is 2.00 e. The van der Waals surface area contributed by atoms with Crippen LogP contribution in [0.1, 0.15) is 11.1 Å². The molecule has 0 radical (unpaired) electrons. The van der Waals surface area contributed by atoms with E-state index in [2.05, 4.69) is 80.3 Å². The Bertz CT molecular complexity index is 769. The third-order valence-electron chi connectivity index (χ3n) is 5.76. The Kier molecular flexibility index (Phi) is 13.1. The smallest absolute Gasteiger partial charge is 0.411 e. The fraction of sp³-hybridized carbons (Fsp3) is 0.417. The van der Waals surface area contributed by atoms with Crippen molar-refractivity contribution in [2.75, 3.05) is 52.4 Å². The third-order valence-corrected chi connectivity index (χ3v) is 6.79. The normalized spacial score (nSPS) is 16.8. The summed E-state index contributed by atoms with van der Waals surface area (Å²) >= 11 is 20.0. The second-order valence-corrected chi connectivity index (χ2v) is 10.1. The summed E-state index contributed by atoms with van der Waals surface area (Å²) in [4.78, 5) is 9.09. The minimum Gasteiger partial charge on any atom is -0.411 e. The van der Waals surface area contributed by atoms with E-state index >= 15 is 0 Å². The molecule has 0 aliphatic carbocycles. The van der Waals surface area contributed by atoms with E-state index in [1.165, 1.54) is 11.1 Å². The first kappa shape index (κ1) is 28.4. The van der Waals surface area contributed by atoms with Crippen LogP contribution in [0.2, 0.25) is 0 Å². The Labute approximate surface area is 233 Å². The van der Waals surface area contributed by atoms with Crippen molar-refractivity contribution >= 4 is 58.3 Å². The first-order chi connectivity index (χ1) is 15.5. The molecule has 0 unspecified atom stereocenters. The first-order valence-corrected chi connectivity index (χ1v) is 12.6. The molecule has 2 aliphatic rings. The molecule has 0 atom stereocenters. The Morgan fingerprint density at radius 2 is 0.879 bits per heavy atom. The van der Waals surface area contributed by atoms with Gasteiger partial charge < -0.3 is 59.5 Å². The molecule has 33 heavy (non-hydrogen) atoms. The van der Waals surface area contributed by atoms with E-state index in [1.807, 2.05) is 0 Å². The Balaban J connectivity index is 0.000000227. The van der Waals surface area contributed by atoms with Crippen LogP contribution in [0.5, 0.6) is 0 Å². The zero-order chi connectivity index (χ0) is 22.8. The fourth-order valence-corrected chi connectivity index (χ4v) is 4.59. The second kappa shape index (κ2) is 15.3. The van der Waals surface area contributed by atoms with Crippen molar-refractivity contribution in [1.29, 1.82) is 0 Å². The van der Waals surface area contributed by atoms with Gasteiger partial charge in [-0.3, -0.25) is 9.80 Å². The molecule has 2 aliphatic heterocycles. The van der Waals surface area contributed by atoms with Crippen molar-refractivity contribution in [3.63, 3.8) is 0 Å². The molecule has 2 saturated heterocycles. The zero-order valence-electron chi connectivity index (χ0n) is 19.0. The van der Waals surface area contributed by atoms with E-state index in [9.17, 15) is 0 Å². The van der Waals surface area contributed by atoms with E-state index < -0.39 is 0 Å². The summed E-state index contributed by atoms with van der Waals surface area (Å²) in [6.07, 6.45) is 0. The molecule has 2 aromatic carbocycles. The minimum atomic E-state index is 0. The average Bonchev–Trinajstić information content (AvgIpc) is 2.82. The van der Waals surface area contributed by atoms with Gasteiger partial charge in [-0.1, -0.05) is 69.3 Å². The molecule has 0 amide bonds. The SMILES string of the molecule is S=C([S-])N1CCN(Cc2ccccc2)CC1.S=C([S-])N1CCN(Cc2ccccc2)CC1.[Zn+2]. The molecule has 0 bridgehead atoms. The fourth-order valence-electron chi connectivity index (χ4n) is 3.86. The number of hydrogen-bond acceptors (Lipinski definition) is 6. The zero-order valence-corrected chi connectivity index (χ0v) is 25.2. The summed E-state index contributed by atoms with van der Waals surface area (Å²) in [6, 6.07) is 21.1. The van der Waals surface area contributed by atoms with Crippen molar-refractivity contribution in [2.45, 2.75) is 13.1 Å². The molecule has 2 heterocycles. The van der Waals surface area contributed by atoms with Gasteiger partial charge in [-0.15, -0.1) is 0 Å². The van der Waals surface area contributed by atoms with Crippen LogP contribution in [-0.4, -0.2) is 80.6 Å². The number of piperazine rings is 2. The van der Waals surface area contributed by atoms with Crippen molar-refractivity contribution in [2.24, 2.45) is 0 Å². The van der Waals surface area contributed by atoms with E-state index in [0.717, 1.165) is 65.4 Å². The molecule has 172 valence electrons. The van der Waals surface area contributed by atoms with Gasteiger partial charge in [-0.25, -0.2) is 0 Å². The Hall–Kier alpha value is -0.797. The number of rotatable bonds is 4. The van der Waals surface area contributed by atoms with Gasteiger partial charge in [0, 0.05) is 65.4 Å². The van der Waals surface area contributed by atoms with Crippen LogP contribution in [0.25, 0.3) is 0 Å². The maximum atomic E-state index is 5.01. The predicted molar refractivity (Wildman–Crippen MR) is 147 cm³/mol. The molecular formula is C24H30N4S4Zn. The van der Waals surface area contributed by atoms with Crippen molar-refractivity contribution < 1.29 is 19.5 Å². The van der Waals surface area contributed by atoms with Crippen LogP contribution >= 0.6 is 24.4 Å². The van der Waals surface area contributed by atoms with Crippen molar-refractivity contribution in [1.82, 2.24) is 19.6 Å². The van der Waals surface area contributed by atoms with Gasteiger partial charge in [0.25, 0.3) is 0 Å². The Morgan fingerprint density at radius 3 is 1.15 bits per heavy atom. The third kappa shape index (κ3) is 10.2. The van der Waals surface area contributed by atoms with Crippen LogP contribution in [0.15, 0.2) is 60.7 Å². The van der Waals surface area contributed by atoms with Gasteiger partial charge in [-0.2, -0.15) is 0 Å². The maximum absolute atomic E-state index is 5.01. The van der Waals surface area contributed by atoms with Crippen molar-refractivity contribution in [3.8, 4) is 0 Å². The molecule has 2 aromatic rings. The number of thiocarbonyl (C=S) groups is 2. The molecule has 9 heteroatoms. The number of benzene rings is 2. The summed E-state index contributed by atoms with van der Waals surface area (Å²) in [5.41, 5.74) is 2.74. The summed E-state index contributed by atoms with van der Waals surface area (Å²) < 4.78 is 1.22. The summed E-state index contributed by atoms with van der Waals surface area (Å²) in [7, 11) is 0. The topological polar surface area (TPSA) is 13.0 Å². The molecule has 2 fully saturated rings. The van der Waals surface area contributed by atoms with Crippen LogP contribution in [0, 0.1) is 0 Å². The summed E-state index contributed by atoms with van der Waals surface area (Å²) in [5.74, 6) is 0. The van der Waals surface area contributed by atoms with E-state index in [1.54, 1.807) is 0 Å². The molecular weight excluding hydrogens is 538 g/mol. The average molecular weight is 568 g/mol. The monoisotopic (exact) mass is 566 g/mol. The van der Waals surface area contributed by atoms with E-state index in [-0.39, 0.29) is 19.5 Å². The summed E-state index contributed by atoms with van der Waals surface area (Å²) in [5, 5.41) is 0. The standard InChI is InChI=1S/2C12H16N2S2.Zn/c2*15-12(16)14-8-6-13(7-9-14)10-11-4-2-1-3-5-11;/h2*1-5H,6-10H2,(H,15,16);/q;;+2/p-2. The van der Waals surface area contributed by atoms with Crippen LogP contribution < -0.4 is 0 Å². The molecule has 0 saturated carbocycles. The predicted octanol–water partition coefficient (Wildman–Crippen LogP) is 3.27. The summed E-state index contributed by atoms with van der Waals surface area (Å²) in [6.45, 7) is 10.1. The van der Waals surface area contributed by atoms with E-state index in [4.69, 9.17) is 49.7 Å². The van der Waals surface area contributed by atoms with Gasteiger partial charge in [0.2, 0.25) is 0 Å². The second-order valence-electron chi connectivity index (χ2n) is 8.03. The number of hydrogen-bond donors (Lipinski definition) is 0. The van der Waals surface area contributed by atoms with Crippen LogP contribution in [0.4, 0.5) is 0 Å².